The van der Waals surface area contributed by atoms with E-state index in [1.807, 2.05) is 4.90 Å². The number of aromatic carboxylic acids is 1. The summed E-state index contributed by atoms with van der Waals surface area (Å²) in [5, 5.41) is 16.7. The standard InChI is InChI=1S/C10H14N4O2S/c1-11-10(17)14-4-3-6-7(5-14)13(2)12-8(6)9(15)16/h3-5H2,1-2H3,(H,11,17)(H,15,16). The zero-order valence-corrected chi connectivity index (χ0v) is 10.5. The molecule has 1 aliphatic rings. The van der Waals surface area contributed by atoms with Gasteiger partial charge in [0.15, 0.2) is 10.8 Å². The summed E-state index contributed by atoms with van der Waals surface area (Å²) in [5.41, 5.74) is 1.92. The maximum atomic E-state index is 11.0. The molecule has 1 aliphatic heterocycles. The van der Waals surface area contributed by atoms with Crippen LogP contribution in [-0.2, 0) is 20.0 Å². The van der Waals surface area contributed by atoms with E-state index in [0.717, 1.165) is 17.8 Å². The van der Waals surface area contributed by atoms with Gasteiger partial charge in [-0.15, -0.1) is 0 Å². The van der Waals surface area contributed by atoms with Crippen molar-refractivity contribution in [2.24, 2.45) is 7.05 Å². The molecule has 2 N–H and O–H groups in total. The van der Waals surface area contributed by atoms with E-state index in [9.17, 15) is 4.79 Å². The molecule has 0 radical (unpaired) electrons. The van der Waals surface area contributed by atoms with E-state index in [-0.39, 0.29) is 5.69 Å². The molecule has 0 saturated heterocycles. The molecule has 0 bridgehead atoms. The number of aryl methyl sites for hydroxylation is 1. The summed E-state index contributed by atoms with van der Waals surface area (Å²) in [4.78, 5) is 13.0. The van der Waals surface area contributed by atoms with Crippen molar-refractivity contribution in [2.75, 3.05) is 13.6 Å². The molecule has 0 spiro atoms. The number of hydrogen-bond donors (Lipinski definition) is 2. The fourth-order valence-corrected chi connectivity index (χ4v) is 2.23. The van der Waals surface area contributed by atoms with Gasteiger partial charge in [-0.3, -0.25) is 4.68 Å². The highest BCUT2D eigenvalue weighted by Gasteiger charge is 2.27. The highest BCUT2D eigenvalue weighted by molar-refractivity contribution is 7.80. The fraction of sp³-hybridized carbons (Fsp3) is 0.500. The number of hydrogen-bond acceptors (Lipinski definition) is 3. The molecule has 6 nitrogen and oxygen atoms in total. The van der Waals surface area contributed by atoms with Crippen LogP contribution < -0.4 is 5.32 Å². The Bertz CT molecular complexity index is 483. The zero-order valence-electron chi connectivity index (χ0n) is 9.73. The van der Waals surface area contributed by atoms with Crippen molar-refractivity contribution in [1.82, 2.24) is 20.0 Å². The monoisotopic (exact) mass is 254 g/mol. The number of carboxylic acids is 1. The smallest absolute Gasteiger partial charge is 0.356 e. The van der Waals surface area contributed by atoms with Gasteiger partial charge in [-0.1, -0.05) is 0 Å². The Kier molecular flexibility index (Phi) is 3.01. The van der Waals surface area contributed by atoms with Crippen molar-refractivity contribution < 1.29 is 9.90 Å². The first kappa shape index (κ1) is 11.8. The summed E-state index contributed by atoms with van der Waals surface area (Å²) in [6.45, 7) is 1.32. The van der Waals surface area contributed by atoms with Gasteiger partial charge in [0.25, 0.3) is 0 Å². The minimum absolute atomic E-state index is 0.164. The van der Waals surface area contributed by atoms with Crippen LogP contribution in [0.15, 0.2) is 0 Å². The largest absolute Gasteiger partial charge is 0.476 e. The van der Waals surface area contributed by atoms with E-state index in [1.165, 1.54) is 0 Å². The molecule has 17 heavy (non-hydrogen) atoms. The maximum absolute atomic E-state index is 11.0. The summed E-state index contributed by atoms with van der Waals surface area (Å²) in [5.74, 6) is -0.966. The average Bonchev–Trinajstić information content (AvgIpc) is 2.65. The van der Waals surface area contributed by atoms with Gasteiger partial charge in [0.1, 0.15) is 0 Å². The lowest BCUT2D eigenvalue weighted by molar-refractivity contribution is 0.0688. The molecule has 0 unspecified atom stereocenters. The van der Waals surface area contributed by atoms with Crippen LogP contribution in [0, 0.1) is 0 Å². The Morgan fingerprint density at radius 2 is 2.29 bits per heavy atom. The van der Waals surface area contributed by atoms with Crippen LogP contribution in [0.4, 0.5) is 0 Å². The third-order valence-electron chi connectivity index (χ3n) is 2.95. The summed E-state index contributed by atoms with van der Waals surface area (Å²) in [6.07, 6.45) is 0.659. The lowest BCUT2D eigenvalue weighted by Crippen LogP contribution is -2.41. The molecule has 92 valence electrons. The zero-order chi connectivity index (χ0) is 12.6. The van der Waals surface area contributed by atoms with Crippen molar-refractivity contribution in [3.63, 3.8) is 0 Å². The van der Waals surface area contributed by atoms with Gasteiger partial charge in [0.2, 0.25) is 0 Å². The SMILES string of the molecule is CNC(=S)N1CCc2c(C(=O)O)nn(C)c2C1. The first-order chi connectivity index (χ1) is 8.04. The Labute approximate surface area is 104 Å². The number of thiocarbonyl (C=S) groups is 1. The second kappa shape index (κ2) is 4.33. The Morgan fingerprint density at radius 1 is 1.59 bits per heavy atom. The summed E-state index contributed by atoms with van der Waals surface area (Å²) < 4.78 is 1.63. The predicted octanol–water partition coefficient (Wildman–Crippen LogP) is -0.0193. The first-order valence-electron chi connectivity index (χ1n) is 5.29. The molecule has 1 aromatic heterocycles. The van der Waals surface area contributed by atoms with Crippen LogP contribution >= 0.6 is 12.2 Å². The van der Waals surface area contributed by atoms with E-state index in [1.54, 1.807) is 18.8 Å². The van der Waals surface area contributed by atoms with Gasteiger partial charge in [0.05, 0.1) is 12.2 Å². The van der Waals surface area contributed by atoms with E-state index in [4.69, 9.17) is 17.3 Å². The van der Waals surface area contributed by atoms with Crippen molar-refractivity contribution in [3.05, 3.63) is 17.0 Å². The van der Waals surface area contributed by atoms with E-state index in [0.29, 0.717) is 18.1 Å². The Balaban J connectivity index is 2.33. The van der Waals surface area contributed by atoms with Crippen molar-refractivity contribution >= 4 is 23.3 Å². The molecule has 1 aromatic rings. The molecule has 0 atom stereocenters. The van der Waals surface area contributed by atoms with Gasteiger partial charge in [-0.2, -0.15) is 5.10 Å². The molecule has 2 rings (SSSR count). The number of carbonyl (C=O) groups is 1. The van der Waals surface area contributed by atoms with Gasteiger partial charge in [-0.05, 0) is 18.6 Å². The second-order valence-corrected chi connectivity index (χ2v) is 4.32. The minimum atomic E-state index is -0.966. The van der Waals surface area contributed by atoms with E-state index < -0.39 is 5.97 Å². The van der Waals surface area contributed by atoms with Crippen LogP contribution in [0.5, 0.6) is 0 Å². The van der Waals surface area contributed by atoms with Crippen LogP contribution in [0.25, 0.3) is 0 Å². The fourth-order valence-electron chi connectivity index (χ4n) is 2.07. The highest BCUT2D eigenvalue weighted by atomic mass is 32.1. The quantitative estimate of drug-likeness (QED) is 0.686. The topological polar surface area (TPSA) is 70.4 Å². The lowest BCUT2D eigenvalue weighted by atomic mass is 10.0. The van der Waals surface area contributed by atoms with Gasteiger partial charge in [-0.25, -0.2) is 4.79 Å². The van der Waals surface area contributed by atoms with E-state index >= 15 is 0 Å². The average molecular weight is 254 g/mol. The van der Waals surface area contributed by atoms with Gasteiger partial charge in [0, 0.05) is 26.2 Å². The summed E-state index contributed by atoms with van der Waals surface area (Å²) in [6, 6.07) is 0. The molecule has 7 heteroatoms. The summed E-state index contributed by atoms with van der Waals surface area (Å²) >= 11 is 5.17. The number of nitrogens with one attached hydrogen (secondary N) is 1. The molecule has 2 heterocycles. The van der Waals surface area contributed by atoms with Gasteiger partial charge >= 0.3 is 5.97 Å². The predicted molar refractivity (Wildman–Crippen MR) is 65.9 cm³/mol. The van der Waals surface area contributed by atoms with Gasteiger partial charge < -0.3 is 15.3 Å². The molecule has 0 aliphatic carbocycles. The highest BCUT2D eigenvalue weighted by Crippen LogP contribution is 2.21. The molecule has 0 saturated carbocycles. The molecular formula is C10H14N4O2S. The molecule has 0 amide bonds. The molecule has 0 fully saturated rings. The second-order valence-electron chi connectivity index (χ2n) is 3.93. The van der Waals surface area contributed by atoms with Crippen LogP contribution in [-0.4, -0.2) is 44.5 Å². The van der Waals surface area contributed by atoms with Crippen molar-refractivity contribution in [1.29, 1.82) is 0 Å². The number of fused-ring (bicyclic) bond motifs is 1. The van der Waals surface area contributed by atoms with E-state index in [2.05, 4.69) is 10.4 Å². The summed E-state index contributed by atoms with van der Waals surface area (Å²) in [7, 11) is 3.54. The van der Waals surface area contributed by atoms with Crippen molar-refractivity contribution in [2.45, 2.75) is 13.0 Å². The normalized spacial score (nSPS) is 14.4. The first-order valence-corrected chi connectivity index (χ1v) is 5.70. The number of rotatable bonds is 1. The molecule has 0 aromatic carbocycles. The number of aromatic nitrogens is 2. The minimum Gasteiger partial charge on any atom is -0.476 e. The number of nitrogens with zero attached hydrogens (tertiary/aromatic N) is 3. The third kappa shape index (κ3) is 1.97. The Hall–Kier alpha value is -1.63. The Morgan fingerprint density at radius 3 is 2.88 bits per heavy atom. The third-order valence-corrected chi connectivity index (χ3v) is 3.41. The maximum Gasteiger partial charge on any atom is 0.356 e. The molecular weight excluding hydrogens is 240 g/mol. The van der Waals surface area contributed by atoms with Crippen LogP contribution in [0.3, 0.4) is 0 Å². The van der Waals surface area contributed by atoms with Crippen LogP contribution in [0.1, 0.15) is 21.7 Å². The number of carboxylic acid groups (broad SMARTS) is 1. The van der Waals surface area contributed by atoms with Crippen LogP contribution in [0.2, 0.25) is 0 Å². The lowest BCUT2D eigenvalue weighted by Gasteiger charge is -2.29. The van der Waals surface area contributed by atoms with Crippen molar-refractivity contribution in [3.8, 4) is 0 Å².